The predicted molar refractivity (Wildman–Crippen MR) is 87.9 cm³/mol. The average molecular weight is 323 g/mol. The number of anilines is 1. The van der Waals surface area contributed by atoms with Gasteiger partial charge in [-0.05, 0) is 24.3 Å². The smallest absolute Gasteiger partial charge is 0.349 e. The first-order valence-corrected chi connectivity index (χ1v) is 7.51. The van der Waals surface area contributed by atoms with Crippen molar-refractivity contribution >= 4 is 45.3 Å². The van der Waals surface area contributed by atoms with Gasteiger partial charge in [0.15, 0.2) is 0 Å². The fraction of sp³-hybridized carbons (Fsp3) is 0. The minimum absolute atomic E-state index is 0.0520. The van der Waals surface area contributed by atoms with E-state index in [9.17, 15) is 9.59 Å². The first kappa shape index (κ1) is 13.6. The van der Waals surface area contributed by atoms with Gasteiger partial charge in [0.2, 0.25) is 0 Å². The van der Waals surface area contributed by atoms with Crippen LogP contribution in [-0.2, 0) is 0 Å². The van der Waals surface area contributed by atoms with E-state index >= 15 is 0 Å². The lowest BCUT2D eigenvalue weighted by Gasteiger charge is -2.05. The third-order valence-corrected chi connectivity index (χ3v) is 3.96. The van der Waals surface area contributed by atoms with E-state index in [0.29, 0.717) is 27.7 Å². The number of nitrogens with one attached hydrogen (secondary N) is 1. The van der Waals surface area contributed by atoms with Gasteiger partial charge < -0.3 is 9.73 Å². The molecule has 1 amide bonds. The second kappa shape index (κ2) is 5.29. The molecule has 0 radical (unpaired) electrons. The highest BCUT2D eigenvalue weighted by Crippen LogP contribution is 2.22. The topological polar surface area (TPSA) is 85.1 Å². The van der Waals surface area contributed by atoms with E-state index in [1.165, 1.54) is 6.07 Å². The third kappa shape index (κ3) is 2.36. The number of benzene rings is 2. The van der Waals surface area contributed by atoms with Gasteiger partial charge in [-0.1, -0.05) is 24.3 Å². The lowest BCUT2D eigenvalue weighted by atomic mass is 10.1. The maximum atomic E-state index is 12.4. The minimum atomic E-state index is -0.676. The number of amides is 1. The van der Waals surface area contributed by atoms with Crippen LogP contribution in [0.15, 0.2) is 57.7 Å². The van der Waals surface area contributed by atoms with Crippen LogP contribution in [0.25, 0.3) is 22.0 Å². The molecule has 0 aliphatic rings. The number of aromatic nitrogens is 2. The number of fused-ring (bicyclic) bond motifs is 2. The highest BCUT2D eigenvalue weighted by Gasteiger charge is 2.15. The van der Waals surface area contributed by atoms with Crippen molar-refractivity contribution in [2.24, 2.45) is 0 Å². The first-order chi connectivity index (χ1) is 11.2. The number of hydrogen-bond acceptors (Lipinski definition) is 6. The Bertz CT molecular complexity index is 1100. The Morgan fingerprint density at radius 1 is 1.09 bits per heavy atom. The molecular weight excluding hydrogens is 314 g/mol. The average Bonchev–Trinajstić information content (AvgIpc) is 3.04. The molecule has 0 spiro atoms. The molecular formula is C16H9N3O3S. The summed E-state index contributed by atoms with van der Waals surface area (Å²) in [5, 5.41) is 3.38. The normalized spacial score (nSPS) is 11.0. The van der Waals surface area contributed by atoms with Crippen molar-refractivity contribution in [3.63, 3.8) is 0 Å². The summed E-state index contributed by atoms with van der Waals surface area (Å²) in [7, 11) is 0. The number of rotatable bonds is 2. The SMILES string of the molecule is O=C(Nc1cccc2nsnc12)c1cc2ccccc2oc1=O. The molecule has 4 rings (SSSR count). The van der Waals surface area contributed by atoms with E-state index < -0.39 is 11.5 Å². The third-order valence-electron chi connectivity index (χ3n) is 3.42. The van der Waals surface area contributed by atoms with Gasteiger partial charge in [-0.15, -0.1) is 0 Å². The molecule has 0 saturated heterocycles. The highest BCUT2D eigenvalue weighted by molar-refractivity contribution is 7.00. The van der Waals surface area contributed by atoms with Crippen LogP contribution in [0.2, 0.25) is 0 Å². The summed E-state index contributed by atoms with van der Waals surface area (Å²) in [4.78, 5) is 24.5. The van der Waals surface area contributed by atoms with Crippen LogP contribution in [0.5, 0.6) is 0 Å². The number of nitrogens with zero attached hydrogens (tertiary/aromatic N) is 2. The maximum Gasteiger partial charge on any atom is 0.349 e. The predicted octanol–water partition coefficient (Wildman–Crippen LogP) is 3.05. The molecule has 0 fully saturated rings. The van der Waals surface area contributed by atoms with Gasteiger partial charge >= 0.3 is 5.63 Å². The lowest BCUT2D eigenvalue weighted by Crippen LogP contribution is -2.20. The summed E-state index contributed by atoms with van der Waals surface area (Å²) < 4.78 is 13.5. The molecule has 112 valence electrons. The number of hydrogen-bond donors (Lipinski definition) is 1. The van der Waals surface area contributed by atoms with Crippen LogP contribution in [0.4, 0.5) is 5.69 Å². The summed E-state index contributed by atoms with van der Waals surface area (Å²) in [6, 6.07) is 13.8. The molecule has 4 aromatic rings. The number of carbonyl (C=O) groups is 1. The maximum absolute atomic E-state index is 12.4. The van der Waals surface area contributed by atoms with Crippen molar-refractivity contribution in [3.05, 3.63) is 64.5 Å². The molecule has 23 heavy (non-hydrogen) atoms. The molecule has 0 atom stereocenters. The van der Waals surface area contributed by atoms with E-state index in [-0.39, 0.29) is 5.56 Å². The number of para-hydroxylation sites is 1. The fourth-order valence-corrected chi connectivity index (χ4v) is 2.87. The number of carbonyl (C=O) groups excluding carboxylic acids is 1. The quantitative estimate of drug-likeness (QED) is 0.573. The highest BCUT2D eigenvalue weighted by atomic mass is 32.1. The van der Waals surface area contributed by atoms with Crippen LogP contribution in [0, 0.1) is 0 Å². The monoisotopic (exact) mass is 323 g/mol. The van der Waals surface area contributed by atoms with Gasteiger partial charge in [0.25, 0.3) is 5.91 Å². The molecule has 0 aliphatic carbocycles. The van der Waals surface area contributed by atoms with Crippen LogP contribution in [-0.4, -0.2) is 14.7 Å². The van der Waals surface area contributed by atoms with E-state index in [2.05, 4.69) is 14.1 Å². The second-order valence-corrected chi connectivity index (χ2v) is 5.41. The molecule has 0 aliphatic heterocycles. The van der Waals surface area contributed by atoms with Crippen molar-refractivity contribution in [2.75, 3.05) is 5.32 Å². The molecule has 0 unspecified atom stereocenters. The molecule has 2 aromatic carbocycles. The van der Waals surface area contributed by atoms with Crippen LogP contribution in [0.1, 0.15) is 10.4 Å². The van der Waals surface area contributed by atoms with Gasteiger partial charge in [-0.25, -0.2) is 4.79 Å². The summed E-state index contributed by atoms with van der Waals surface area (Å²) >= 11 is 1.06. The molecule has 2 heterocycles. The summed E-state index contributed by atoms with van der Waals surface area (Å²) in [6.45, 7) is 0. The zero-order valence-corrected chi connectivity index (χ0v) is 12.5. The zero-order valence-electron chi connectivity index (χ0n) is 11.6. The Kier molecular flexibility index (Phi) is 3.13. The van der Waals surface area contributed by atoms with Crippen molar-refractivity contribution in [2.45, 2.75) is 0 Å². The van der Waals surface area contributed by atoms with Gasteiger partial charge in [-0.3, -0.25) is 4.79 Å². The van der Waals surface area contributed by atoms with Crippen molar-refractivity contribution in [1.29, 1.82) is 0 Å². The summed E-state index contributed by atoms with van der Waals surface area (Å²) in [5.74, 6) is -0.537. The van der Waals surface area contributed by atoms with Crippen LogP contribution < -0.4 is 10.9 Å². The summed E-state index contributed by atoms with van der Waals surface area (Å²) in [5.41, 5.74) is 1.51. The van der Waals surface area contributed by atoms with Gasteiger partial charge in [0, 0.05) is 5.39 Å². The van der Waals surface area contributed by atoms with Gasteiger partial charge in [-0.2, -0.15) is 8.75 Å². The van der Waals surface area contributed by atoms with E-state index in [0.717, 1.165) is 11.7 Å². The molecule has 1 N–H and O–H groups in total. The van der Waals surface area contributed by atoms with Crippen LogP contribution >= 0.6 is 11.7 Å². The van der Waals surface area contributed by atoms with Crippen molar-refractivity contribution in [1.82, 2.24) is 8.75 Å². The van der Waals surface area contributed by atoms with E-state index in [1.807, 2.05) is 6.07 Å². The summed E-state index contributed by atoms with van der Waals surface area (Å²) in [6.07, 6.45) is 0. The Hall–Kier alpha value is -3.06. The van der Waals surface area contributed by atoms with Gasteiger partial charge in [0.05, 0.1) is 17.4 Å². The molecule has 2 aromatic heterocycles. The van der Waals surface area contributed by atoms with E-state index in [4.69, 9.17) is 4.42 Å². The van der Waals surface area contributed by atoms with Crippen molar-refractivity contribution < 1.29 is 9.21 Å². The second-order valence-electron chi connectivity index (χ2n) is 4.88. The Labute approximate surface area is 133 Å². The van der Waals surface area contributed by atoms with Gasteiger partial charge in [0.1, 0.15) is 22.2 Å². The fourth-order valence-electron chi connectivity index (χ4n) is 2.32. The minimum Gasteiger partial charge on any atom is -0.422 e. The largest absolute Gasteiger partial charge is 0.422 e. The van der Waals surface area contributed by atoms with Crippen LogP contribution in [0.3, 0.4) is 0 Å². The first-order valence-electron chi connectivity index (χ1n) is 6.78. The molecule has 0 saturated carbocycles. The Morgan fingerprint density at radius 2 is 1.96 bits per heavy atom. The molecule has 6 nitrogen and oxygen atoms in total. The zero-order chi connectivity index (χ0) is 15.8. The van der Waals surface area contributed by atoms with Crippen molar-refractivity contribution in [3.8, 4) is 0 Å². The standard InChI is InChI=1S/C16H9N3O3S/c20-15(17-11-5-3-6-12-14(11)19-23-18-12)10-8-9-4-1-2-7-13(9)22-16(10)21/h1-8H,(H,17,20). The molecule has 0 bridgehead atoms. The van der Waals surface area contributed by atoms with E-state index in [1.54, 1.807) is 36.4 Å². The lowest BCUT2D eigenvalue weighted by molar-refractivity contribution is 0.102. The Morgan fingerprint density at radius 3 is 2.87 bits per heavy atom. The Balaban J connectivity index is 1.76. The molecule has 7 heteroatoms.